The number of rotatable bonds is 25. The number of nitrogens with one attached hydrogen (secondary N) is 6. The van der Waals surface area contributed by atoms with Crippen LogP contribution in [-0.4, -0.2) is 138 Å². The van der Waals surface area contributed by atoms with Gasteiger partial charge in [-0.3, -0.25) is 38.5 Å². The van der Waals surface area contributed by atoms with Crippen LogP contribution in [0.1, 0.15) is 86.1 Å². The van der Waals surface area contributed by atoms with Gasteiger partial charge in [-0.15, -0.1) is 0 Å². The van der Waals surface area contributed by atoms with Gasteiger partial charge in [0.2, 0.25) is 41.4 Å². The first-order valence-corrected chi connectivity index (χ1v) is 20.9. The number of aliphatic hydroxyl groups excluding tert-OH is 2. The van der Waals surface area contributed by atoms with Crippen molar-refractivity contribution in [3.63, 3.8) is 0 Å². The molecular weight excluding hydrogens is 793 g/mol. The first-order chi connectivity index (χ1) is 28.7. The molecule has 342 valence electrons. The van der Waals surface area contributed by atoms with Gasteiger partial charge in [-0.1, -0.05) is 78.3 Å². The summed E-state index contributed by atoms with van der Waals surface area (Å²) in [6, 6.07) is 1.20. The third-order valence-electron chi connectivity index (χ3n) is 10.6. The number of esters is 1. The van der Waals surface area contributed by atoms with Crippen molar-refractivity contribution in [3.8, 4) is 0 Å². The highest BCUT2D eigenvalue weighted by molar-refractivity contribution is 5.96. The first-order valence-electron chi connectivity index (χ1n) is 20.9. The molecule has 10 N–H and O–H groups in total. The molecule has 0 saturated carbocycles. The number of likely N-dealkylation sites (tertiary alicyclic amines) is 1. The molecule has 0 aromatic heterocycles. The van der Waals surface area contributed by atoms with Crippen LogP contribution in [0.25, 0.3) is 0 Å². The Kier molecular flexibility index (Phi) is 21.8. The summed E-state index contributed by atoms with van der Waals surface area (Å²) in [5.41, 5.74) is 6.24. The summed E-state index contributed by atoms with van der Waals surface area (Å²) in [5, 5.41) is 37.1. The predicted molar refractivity (Wildman–Crippen MR) is 225 cm³/mol. The van der Waals surface area contributed by atoms with Crippen LogP contribution >= 0.6 is 0 Å². The summed E-state index contributed by atoms with van der Waals surface area (Å²) in [6.07, 6.45) is -0.149. The van der Waals surface area contributed by atoms with E-state index < -0.39 is 109 Å². The summed E-state index contributed by atoms with van der Waals surface area (Å²) in [6.45, 7) is 11.6. The molecule has 1 aromatic rings. The maximum atomic E-state index is 14.0. The van der Waals surface area contributed by atoms with Crippen molar-refractivity contribution in [1.82, 2.24) is 36.8 Å². The van der Waals surface area contributed by atoms with Crippen molar-refractivity contribution >= 4 is 47.3 Å². The van der Waals surface area contributed by atoms with E-state index in [1.807, 2.05) is 13.8 Å². The third-order valence-corrected chi connectivity index (χ3v) is 10.6. The Morgan fingerprint density at radius 2 is 1.43 bits per heavy atom. The SMILES string of the molecule is CC[C@H](C)[C@H](NC(=O)[C@@H]1CCCN1C[C@@H](O)[C@H](Cc1ccccc1)NC(=O)[C@H](CC(N)=O)NC(=O)[C@H](CC(C)C)NC(=O)[C@H](CO)NC(C)=O)C(=O)N[C@H](C(=O)OC)C(C)C. The standard InChI is InChI=1S/C42H68N8O11/c1-9-25(6)36(41(59)48-35(24(4)5)42(60)61-8)49-40(58)32-16-13-17-50(32)21-33(53)28(19-27-14-11-10-12-15-27)45-38(56)30(20-34(43)54)47-37(55)29(18-23(2)3)46-39(57)31(22-51)44-26(7)52/h10-12,14-15,23-25,28-33,35-36,51,53H,9,13,16-22H2,1-8H3,(H2,43,54)(H,44,52)(H,45,56)(H,46,57)(H,47,55)(H,48,59)(H,49,58)/t25-,28-,29-,30-,31-,32-,33+,35-,36-/m0/s1. The van der Waals surface area contributed by atoms with Crippen molar-refractivity contribution < 1.29 is 53.3 Å². The Morgan fingerprint density at radius 3 is 1.97 bits per heavy atom. The zero-order chi connectivity index (χ0) is 46.0. The third kappa shape index (κ3) is 17.0. The number of amides is 7. The lowest BCUT2D eigenvalue weighted by atomic mass is 9.96. The minimum Gasteiger partial charge on any atom is -0.467 e. The molecule has 1 saturated heterocycles. The van der Waals surface area contributed by atoms with Crippen LogP contribution in [0, 0.1) is 17.8 Å². The maximum absolute atomic E-state index is 14.0. The second-order valence-corrected chi connectivity index (χ2v) is 16.5. The molecule has 0 unspecified atom stereocenters. The Labute approximate surface area is 358 Å². The van der Waals surface area contributed by atoms with Crippen molar-refractivity contribution in [2.24, 2.45) is 23.5 Å². The molecular formula is C42H68N8O11. The van der Waals surface area contributed by atoms with Gasteiger partial charge in [-0.05, 0) is 55.5 Å². The van der Waals surface area contributed by atoms with Crippen molar-refractivity contribution in [1.29, 1.82) is 0 Å². The van der Waals surface area contributed by atoms with Crippen molar-refractivity contribution in [2.45, 2.75) is 135 Å². The summed E-state index contributed by atoms with van der Waals surface area (Å²) >= 11 is 0. The number of β-amino-alcohol motifs (C(OH)–C–C–N with tert-alkyl or cyclic N) is 1. The zero-order valence-electron chi connectivity index (χ0n) is 36.7. The highest BCUT2D eigenvalue weighted by Gasteiger charge is 2.39. The maximum Gasteiger partial charge on any atom is 0.328 e. The smallest absolute Gasteiger partial charge is 0.328 e. The molecule has 9 atom stereocenters. The second-order valence-electron chi connectivity index (χ2n) is 16.5. The summed E-state index contributed by atoms with van der Waals surface area (Å²) in [5.74, 6) is -6.32. The molecule has 1 aromatic carbocycles. The molecule has 61 heavy (non-hydrogen) atoms. The molecule has 2 rings (SSSR count). The number of aliphatic hydroxyl groups is 2. The van der Waals surface area contributed by atoms with Gasteiger partial charge in [0, 0.05) is 13.5 Å². The molecule has 7 amide bonds. The molecule has 0 radical (unpaired) electrons. The molecule has 1 fully saturated rings. The van der Waals surface area contributed by atoms with Gasteiger partial charge in [0.05, 0.1) is 38.3 Å². The highest BCUT2D eigenvalue weighted by atomic mass is 16.5. The fourth-order valence-electron chi connectivity index (χ4n) is 7.06. The lowest BCUT2D eigenvalue weighted by Gasteiger charge is -2.33. The van der Waals surface area contributed by atoms with Crippen LogP contribution in [-0.2, 0) is 49.5 Å². The lowest BCUT2D eigenvalue weighted by molar-refractivity contribution is -0.147. The van der Waals surface area contributed by atoms with E-state index in [0.29, 0.717) is 25.8 Å². The molecule has 1 aliphatic rings. The molecule has 19 nitrogen and oxygen atoms in total. The monoisotopic (exact) mass is 861 g/mol. The van der Waals surface area contributed by atoms with E-state index in [2.05, 4.69) is 31.9 Å². The second kappa shape index (κ2) is 25.6. The average Bonchev–Trinajstić information content (AvgIpc) is 3.67. The number of methoxy groups -OCH3 is 1. The first kappa shape index (κ1) is 52.0. The van der Waals surface area contributed by atoms with Crippen molar-refractivity contribution in [2.75, 3.05) is 26.8 Å². The van der Waals surface area contributed by atoms with Gasteiger partial charge in [-0.25, -0.2) is 4.79 Å². The van der Waals surface area contributed by atoms with Gasteiger partial charge in [0.1, 0.15) is 30.2 Å². The van der Waals surface area contributed by atoms with Gasteiger partial charge in [-0.2, -0.15) is 0 Å². The van der Waals surface area contributed by atoms with E-state index in [1.54, 1.807) is 62.9 Å². The number of nitrogens with two attached hydrogens (primary N) is 1. The van der Waals surface area contributed by atoms with Crippen LogP contribution in [0.3, 0.4) is 0 Å². The van der Waals surface area contributed by atoms with E-state index in [1.165, 1.54) is 7.11 Å². The van der Waals surface area contributed by atoms with E-state index in [9.17, 15) is 48.6 Å². The Balaban J connectivity index is 2.34. The predicted octanol–water partition coefficient (Wildman–Crippen LogP) is -1.23. The number of nitrogens with zero attached hydrogens (tertiary/aromatic N) is 1. The number of primary amides is 1. The van der Waals surface area contributed by atoms with Gasteiger partial charge in [0.25, 0.3) is 0 Å². The van der Waals surface area contributed by atoms with Crippen LogP contribution in [0.15, 0.2) is 30.3 Å². The van der Waals surface area contributed by atoms with E-state index in [-0.39, 0.29) is 37.1 Å². The molecule has 0 aliphatic carbocycles. The average molecular weight is 861 g/mol. The molecule has 19 heteroatoms. The minimum atomic E-state index is -1.53. The Morgan fingerprint density at radius 1 is 0.820 bits per heavy atom. The molecule has 0 bridgehead atoms. The molecule has 1 aliphatic heterocycles. The summed E-state index contributed by atoms with van der Waals surface area (Å²) in [4.78, 5) is 106. The van der Waals surface area contributed by atoms with E-state index in [0.717, 1.165) is 12.5 Å². The number of hydrogen-bond acceptors (Lipinski definition) is 12. The Hall–Kier alpha value is -5.14. The number of hydrogen-bond donors (Lipinski definition) is 9. The minimum absolute atomic E-state index is 0.0799. The molecule has 0 spiro atoms. The largest absolute Gasteiger partial charge is 0.467 e. The highest BCUT2D eigenvalue weighted by Crippen LogP contribution is 2.21. The lowest BCUT2D eigenvalue weighted by Crippen LogP contribution is -2.60. The van der Waals surface area contributed by atoms with Crippen LogP contribution in [0.4, 0.5) is 0 Å². The topological polar surface area (TPSA) is 288 Å². The normalized spacial score (nSPS) is 18.0. The summed E-state index contributed by atoms with van der Waals surface area (Å²) in [7, 11) is 1.23. The number of carbonyl (C=O) groups excluding carboxylic acids is 8. The number of benzene rings is 1. The van der Waals surface area contributed by atoms with Crippen LogP contribution in [0.2, 0.25) is 0 Å². The van der Waals surface area contributed by atoms with Crippen LogP contribution in [0.5, 0.6) is 0 Å². The van der Waals surface area contributed by atoms with Gasteiger partial charge in [0.15, 0.2) is 0 Å². The van der Waals surface area contributed by atoms with E-state index >= 15 is 0 Å². The van der Waals surface area contributed by atoms with Gasteiger partial charge >= 0.3 is 5.97 Å². The zero-order valence-corrected chi connectivity index (χ0v) is 36.7. The number of carbonyl (C=O) groups is 8. The van der Waals surface area contributed by atoms with Gasteiger partial charge < -0.3 is 52.6 Å². The fourth-order valence-corrected chi connectivity index (χ4v) is 7.06. The summed E-state index contributed by atoms with van der Waals surface area (Å²) < 4.78 is 4.87. The number of ether oxygens (including phenoxy) is 1. The Bertz CT molecular complexity index is 1650. The fraction of sp³-hybridized carbons (Fsp3) is 0.667. The van der Waals surface area contributed by atoms with Crippen molar-refractivity contribution in [3.05, 3.63) is 35.9 Å². The van der Waals surface area contributed by atoms with E-state index in [4.69, 9.17) is 10.5 Å². The van der Waals surface area contributed by atoms with Crippen LogP contribution < -0.4 is 37.6 Å². The molecule has 1 heterocycles. The quantitative estimate of drug-likeness (QED) is 0.0523.